The minimum Gasteiger partial charge on any atom is -0.257 e. The van der Waals surface area contributed by atoms with E-state index in [4.69, 9.17) is 0 Å². The zero-order valence-electron chi connectivity index (χ0n) is 14.1. The van der Waals surface area contributed by atoms with E-state index in [9.17, 15) is 13.2 Å². The fraction of sp³-hybridized carbons (Fsp3) is 0.222. The number of benzene rings is 1. The van der Waals surface area contributed by atoms with Crippen LogP contribution in [0.25, 0.3) is 22.8 Å². The quantitative estimate of drug-likeness (QED) is 0.479. The standard InChI is InChI=1S/C18H15F3N4S/c1-3-13-16(23-9-8-22-13)14-10-15(26-2)25-17(24-14)11-4-6-12(7-5-11)18(19,20)21/h4-10H,3H2,1-2H3. The van der Waals surface area contributed by atoms with Crippen LogP contribution in [0.3, 0.4) is 0 Å². The lowest BCUT2D eigenvalue weighted by molar-refractivity contribution is -0.137. The summed E-state index contributed by atoms with van der Waals surface area (Å²) < 4.78 is 38.3. The zero-order chi connectivity index (χ0) is 18.7. The lowest BCUT2D eigenvalue weighted by Gasteiger charge is -2.10. The lowest BCUT2D eigenvalue weighted by Crippen LogP contribution is -2.04. The Morgan fingerprint density at radius 1 is 1.00 bits per heavy atom. The van der Waals surface area contributed by atoms with Gasteiger partial charge in [0.2, 0.25) is 0 Å². The Hall–Kier alpha value is -2.48. The van der Waals surface area contributed by atoms with Gasteiger partial charge in [-0.15, -0.1) is 11.8 Å². The van der Waals surface area contributed by atoms with Crippen LogP contribution < -0.4 is 0 Å². The van der Waals surface area contributed by atoms with Crippen LogP contribution in [-0.2, 0) is 12.6 Å². The smallest absolute Gasteiger partial charge is 0.257 e. The van der Waals surface area contributed by atoms with Crippen LogP contribution in [0.2, 0.25) is 0 Å². The Morgan fingerprint density at radius 3 is 2.31 bits per heavy atom. The molecule has 0 N–H and O–H groups in total. The van der Waals surface area contributed by atoms with E-state index < -0.39 is 11.7 Å². The summed E-state index contributed by atoms with van der Waals surface area (Å²) >= 11 is 1.43. The molecule has 8 heteroatoms. The van der Waals surface area contributed by atoms with Gasteiger partial charge in [0, 0.05) is 18.0 Å². The van der Waals surface area contributed by atoms with E-state index in [1.807, 2.05) is 13.2 Å². The van der Waals surface area contributed by atoms with Crippen molar-refractivity contribution in [3.8, 4) is 22.8 Å². The highest BCUT2D eigenvalue weighted by molar-refractivity contribution is 7.98. The van der Waals surface area contributed by atoms with Crippen LogP contribution in [0, 0.1) is 0 Å². The monoisotopic (exact) mass is 376 g/mol. The molecule has 0 aliphatic rings. The van der Waals surface area contributed by atoms with Crippen LogP contribution in [0.15, 0.2) is 47.8 Å². The van der Waals surface area contributed by atoms with Crippen LogP contribution in [0.4, 0.5) is 13.2 Å². The van der Waals surface area contributed by atoms with Gasteiger partial charge in [0.25, 0.3) is 0 Å². The number of aromatic nitrogens is 4. The van der Waals surface area contributed by atoms with Gasteiger partial charge in [-0.25, -0.2) is 9.97 Å². The van der Waals surface area contributed by atoms with Crippen molar-refractivity contribution in [3.63, 3.8) is 0 Å². The van der Waals surface area contributed by atoms with E-state index in [0.29, 0.717) is 34.2 Å². The fourth-order valence-corrected chi connectivity index (χ4v) is 2.84. The van der Waals surface area contributed by atoms with Crippen molar-refractivity contribution in [1.29, 1.82) is 0 Å². The fourth-order valence-electron chi connectivity index (χ4n) is 2.43. The second kappa shape index (κ2) is 7.41. The summed E-state index contributed by atoms with van der Waals surface area (Å²) in [5.41, 5.74) is 1.86. The number of hydrogen-bond acceptors (Lipinski definition) is 5. The van der Waals surface area contributed by atoms with E-state index in [1.165, 1.54) is 23.9 Å². The number of thioether (sulfide) groups is 1. The second-order valence-electron chi connectivity index (χ2n) is 5.40. The summed E-state index contributed by atoms with van der Waals surface area (Å²) in [6.45, 7) is 1.97. The number of nitrogens with zero attached hydrogens (tertiary/aromatic N) is 4. The summed E-state index contributed by atoms with van der Waals surface area (Å²) in [5, 5.41) is 0.706. The minimum atomic E-state index is -4.37. The Balaban J connectivity index is 2.08. The molecule has 3 aromatic rings. The van der Waals surface area contributed by atoms with E-state index >= 15 is 0 Å². The van der Waals surface area contributed by atoms with Gasteiger partial charge in [-0.3, -0.25) is 9.97 Å². The molecule has 2 heterocycles. The first kappa shape index (κ1) is 18.3. The van der Waals surface area contributed by atoms with Crippen molar-refractivity contribution >= 4 is 11.8 Å². The van der Waals surface area contributed by atoms with Crippen LogP contribution in [0.1, 0.15) is 18.2 Å². The van der Waals surface area contributed by atoms with Crippen LogP contribution in [-0.4, -0.2) is 26.2 Å². The molecule has 134 valence electrons. The minimum absolute atomic E-state index is 0.355. The number of alkyl halides is 3. The third kappa shape index (κ3) is 3.85. The lowest BCUT2D eigenvalue weighted by atomic mass is 10.1. The van der Waals surface area contributed by atoms with Crippen molar-refractivity contribution in [1.82, 2.24) is 19.9 Å². The SMILES string of the molecule is CCc1nccnc1-c1cc(SC)nc(-c2ccc(C(F)(F)F)cc2)n1. The normalized spacial score (nSPS) is 11.6. The molecule has 0 saturated heterocycles. The topological polar surface area (TPSA) is 51.6 Å². The Morgan fingerprint density at radius 2 is 1.69 bits per heavy atom. The maximum absolute atomic E-state index is 12.8. The first-order valence-corrected chi connectivity index (χ1v) is 9.05. The first-order chi connectivity index (χ1) is 12.4. The van der Waals surface area contributed by atoms with Crippen molar-refractivity contribution in [2.75, 3.05) is 6.26 Å². The number of rotatable bonds is 4. The first-order valence-electron chi connectivity index (χ1n) is 7.83. The summed E-state index contributed by atoms with van der Waals surface area (Å²) in [4.78, 5) is 17.6. The second-order valence-corrected chi connectivity index (χ2v) is 6.23. The summed E-state index contributed by atoms with van der Waals surface area (Å²) in [6.07, 6.45) is 1.40. The summed E-state index contributed by atoms with van der Waals surface area (Å²) in [6, 6.07) is 6.63. The van der Waals surface area contributed by atoms with E-state index in [0.717, 1.165) is 17.8 Å². The molecular formula is C18H15F3N4S. The highest BCUT2D eigenvalue weighted by Crippen LogP contribution is 2.31. The summed E-state index contributed by atoms with van der Waals surface area (Å²) in [7, 11) is 0. The highest BCUT2D eigenvalue weighted by Gasteiger charge is 2.30. The molecule has 2 aromatic heterocycles. The molecule has 0 aliphatic heterocycles. The number of halogens is 3. The van der Waals surface area contributed by atoms with Gasteiger partial charge in [0.1, 0.15) is 10.7 Å². The molecular weight excluding hydrogens is 361 g/mol. The van der Waals surface area contributed by atoms with Gasteiger partial charge >= 0.3 is 6.18 Å². The van der Waals surface area contributed by atoms with Gasteiger partial charge in [-0.1, -0.05) is 19.1 Å². The van der Waals surface area contributed by atoms with Crippen molar-refractivity contribution in [2.24, 2.45) is 0 Å². The highest BCUT2D eigenvalue weighted by atomic mass is 32.2. The average Bonchev–Trinajstić information content (AvgIpc) is 2.67. The van der Waals surface area contributed by atoms with Gasteiger partial charge in [0.15, 0.2) is 5.82 Å². The number of hydrogen-bond donors (Lipinski definition) is 0. The molecule has 0 amide bonds. The van der Waals surface area contributed by atoms with E-state index in [1.54, 1.807) is 18.5 Å². The Bertz CT molecular complexity index is 911. The molecule has 26 heavy (non-hydrogen) atoms. The zero-order valence-corrected chi connectivity index (χ0v) is 14.9. The maximum Gasteiger partial charge on any atom is 0.416 e. The Labute approximate surface area is 153 Å². The number of aryl methyl sites for hydroxylation is 1. The third-order valence-electron chi connectivity index (χ3n) is 3.73. The molecule has 0 aliphatic carbocycles. The van der Waals surface area contributed by atoms with E-state index in [-0.39, 0.29) is 0 Å². The molecule has 0 radical (unpaired) electrons. The third-order valence-corrected chi connectivity index (χ3v) is 4.36. The molecule has 4 nitrogen and oxygen atoms in total. The van der Waals surface area contributed by atoms with Crippen molar-refractivity contribution in [2.45, 2.75) is 24.5 Å². The summed E-state index contributed by atoms with van der Waals surface area (Å²) in [5.74, 6) is 0.355. The van der Waals surface area contributed by atoms with Gasteiger partial charge in [-0.2, -0.15) is 13.2 Å². The van der Waals surface area contributed by atoms with E-state index in [2.05, 4.69) is 19.9 Å². The largest absolute Gasteiger partial charge is 0.416 e. The molecule has 1 aromatic carbocycles. The molecule has 0 fully saturated rings. The van der Waals surface area contributed by atoms with Crippen molar-refractivity contribution in [3.05, 3.63) is 54.0 Å². The van der Waals surface area contributed by atoms with Crippen molar-refractivity contribution < 1.29 is 13.2 Å². The van der Waals surface area contributed by atoms with Crippen LogP contribution >= 0.6 is 11.8 Å². The van der Waals surface area contributed by atoms with Gasteiger partial charge < -0.3 is 0 Å². The Kier molecular flexibility index (Phi) is 5.22. The van der Waals surface area contributed by atoms with Gasteiger partial charge in [0.05, 0.1) is 17.0 Å². The molecule has 0 spiro atoms. The van der Waals surface area contributed by atoms with Gasteiger partial charge in [-0.05, 0) is 30.9 Å². The van der Waals surface area contributed by atoms with Crippen LogP contribution in [0.5, 0.6) is 0 Å². The molecule has 0 bridgehead atoms. The maximum atomic E-state index is 12.8. The molecule has 0 unspecified atom stereocenters. The predicted molar refractivity (Wildman–Crippen MR) is 94.7 cm³/mol. The molecule has 3 rings (SSSR count). The predicted octanol–water partition coefficient (Wildman–Crippen LogP) is 4.90. The average molecular weight is 376 g/mol. The molecule has 0 atom stereocenters. The molecule has 0 saturated carbocycles.